The van der Waals surface area contributed by atoms with Gasteiger partial charge in [-0.1, -0.05) is 0 Å². The van der Waals surface area contributed by atoms with E-state index < -0.39 is 0 Å². The molecule has 0 amide bonds. The van der Waals surface area contributed by atoms with Crippen molar-refractivity contribution >= 4 is 11.8 Å². The van der Waals surface area contributed by atoms with Crippen LogP contribution in [0.3, 0.4) is 0 Å². The normalized spacial score (nSPS) is 26.8. The summed E-state index contributed by atoms with van der Waals surface area (Å²) >= 11 is 2.04. The van der Waals surface area contributed by atoms with E-state index in [1.54, 1.807) is 0 Å². The second-order valence-corrected chi connectivity index (χ2v) is 5.91. The Balaban J connectivity index is 2.33. The fourth-order valence-electron chi connectivity index (χ4n) is 2.08. The Hall–Kier alpha value is 0.230. The van der Waals surface area contributed by atoms with Gasteiger partial charge in [0.2, 0.25) is 0 Å². The van der Waals surface area contributed by atoms with Crippen molar-refractivity contribution in [3.05, 3.63) is 0 Å². The molecule has 1 saturated heterocycles. The Bertz CT molecular complexity index is 179. The number of thioether (sulfide) groups is 1. The molecule has 1 unspecified atom stereocenters. The van der Waals surface area contributed by atoms with Crippen molar-refractivity contribution in [3.8, 4) is 0 Å². The maximum atomic E-state index is 5.94. The first-order valence-electron chi connectivity index (χ1n) is 5.74. The molecule has 0 bridgehead atoms. The van der Waals surface area contributed by atoms with E-state index in [1.165, 1.54) is 24.3 Å². The van der Waals surface area contributed by atoms with Gasteiger partial charge in [0.1, 0.15) is 0 Å². The van der Waals surface area contributed by atoms with E-state index in [-0.39, 0.29) is 5.54 Å². The quantitative estimate of drug-likeness (QED) is 0.729. The van der Waals surface area contributed by atoms with Crippen molar-refractivity contribution in [1.82, 2.24) is 9.80 Å². The highest BCUT2D eigenvalue weighted by atomic mass is 32.2. The molecule has 0 radical (unpaired) electrons. The van der Waals surface area contributed by atoms with Crippen molar-refractivity contribution in [2.75, 3.05) is 52.3 Å². The van der Waals surface area contributed by atoms with E-state index in [9.17, 15) is 0 Å². The van der Waals surface area contributed by atoms with E-state index in [2.05, 4.69) is 30.9 Å². The number of nitrogens with zero attached hydrogens (tertiary/aromatic N) is 2. The van der Waals surface area contributed by atoms with Gasteiger partial charge in [0.15, 0.2) is 0 Å². The molecular formula is C11H25N3S. The van der Waals surface area contributed by atoms with Crippen LogP contribution in [0.5, 0.6) is 0 Å². The molecule has 1 aliphatic rings. The summed E-state index contributed by atoms with van der Waals surface area (Å²) in [5.41, 5.74) is 6.22. The molecule has 0 aromatic carbocycles. The molecule has 0 aromatic rings. The number of rotatable bonds is 6. The number of hydrogen-bond acceptors (Lipinski definition) is 4. The first-order chi connectivity index (χ1) is 7.10. The van der Waals surface area contributed by atoms with Gasteiger partial charge in [0.05, 0.1) is 0 Å². The second-order valence-electron chi connectivity index (χ2n) is 4.81. The molecule has 1 fully saturated rings. The van der Waals surface area contributed by atoms with Gasteiger partial charge in [-0.25, -0.2) is 0 Å². The van der Waals surface area contributed by atoms with Gasteiger partial charge in [-0.3, -0.25) is 4.90 Å². The molecule has 0 saturated carbocycles. The van der Waals surface area contributed by atoms with Crippen molar-refractivity contribution in [2.24, 2.45) is 5.73 Å². The number of nitrogens with two attached hydrogens (primary N) is 1. The fraction of sp³-hybridized carbons (Fsp3) is 1.00. The van der Waals surface area contributed by atoms with Crippen LogP contribution in [0.4, 0.5) is 0 Å². The average Bonchev–Trinajstić information content (AvgIpc) is 2.66. The summed E-state index contributed by atoms with van der Waals surface area (Å²) in [4.78, 5) is 4.73. The van der Waals surface area contributed by atoms with Crippen LogP contribution in [0.2, 0.25) is 0 Å². The maximum absolute atomic E-state index is 5.94. The number of hydrogen-bond donors (Lipinski definition) is 1. The van der Waals surface area contributed by atoms with Gasteiger partial charge < -0.3 is 10.6 Å². The third kappa shape index (κ3) is 3.63. The molecule has 1 atom stereocenters. The highest BCUT2D eigenvalue weighted by Gasteiger charge is 2.36. The Labute approximate surface area is 98.4 Å². The summed E-state index contributed by atoms with van der Waals surface area (Å²) in [6, 6.07) is 0. The average molecular weight is 231 g/mol. The molecule has 2 N–H and O–H groups in total. The molecule has 1 heterocycles. The summed E-state index contributed by atoms with van der Waals surface area (Å²) in [5.74, 6) is 2.48. The first-order valence-corrected chi connectivity index (χ1v) is 6.90. The first kappa shape index (κ1) is 13.3. The standard InChI is InChI=1S/C11H25N3S/c1-13(2)6-4-7-14(3)11(9-12)5-8-15-10-11/h4-10,12H2,1-3H3. The van der Waals surface area contributed by atoms with Crippen LogP contribution in [0, 0.1) is 0 Å². The topological polar surface area (TPSA) is 32.5 Å². The zero-order valence-electron chi connectivity index (χ0n) is 10.3. The lowest BCUT2D eigenvalue weighted by molar-refractivity contribution is 0.145. The molecule has 15 heavy (non-hydrogen) atoms. The lowest BCUT2D eigenvalue weighted by atomic mass is 9.97. The molecule has 90 valence electrons. The zero-order chi connectivity index (χ0) is 11.3. The van der Waals surface area contributed by atoms with Crippen LogP contribution < -0.4 is 5.73 Å². The summed E-state index contributed by atoms with van der Waals surface area (Å²) in [6.45, 7) is 3.13. The Morgan fingerprint density at radius 3 is 2.47 bits per heavy atom. The van der Waals surface area contributed by atoms with Crippen LogP contribution >= 0.6 is 11.8 Å². The van der Waals surface area contributed by atoms with Gasteiger partial charge in [-0.2, -0.15) is 11.8 Å². The monoisotopic (exact) mass is 231 g/mol. The molecule has 0 spiro atoms. The molecule has 0 aliphatic carbocycles. The molecule has 3 nitrogen and oxygen atoms in total. The van der Waals surface area contributed by atoms with Gasteiger partial charge in [0, 0.05) is 17.8 Å². The Kier molecular flexibility index (Phi) is 5.39. The predicted octanol–water partition coefficient (Wildman–Crippen LogP) is 0.704. The molecule has 4 heteroatoms. The third-order valence-corrected chi connectivity index (χ3v) is 4.61. The molecule has 0 aromatic heterocycles. The molecule has 1 rings (SSSR count). The maximum Gasteiger partial charge on any atom is 0.0426 e. The Morgan fingerprint density at radius 1 is 1.27 bits per heavy atom. The van der Waals surface area contributed by atoms with Crippen LogP contribution in [-0.4, -0.2) is 67.6 Å². The number of likely N-dealkylation sites (N-methyl/N-ethyl adjacent to an activating group) is 1. The minimum atomic E-state index is 0.289. The lowest BCUT2D eigenvalue weighted by Crippen LogP contribution is -2.52. The van der Waals surface area contributed by atoms with Gasteiger partial charge in [0.25, 0.3) is 0 Å². The smallest absolute Gasteiger partial charge is 0.0426 e. The van der Waals surface area contributed by atoms with E-state index in [1.807, 2.05) is 11.8 Å². The summed E-state index contributed by atoms with van der Waals surface area (Å²) in [5, 5.41) is 0. The van der Waals surface area contributed by atoms with Crippen molar-refractivity contribution in [2.45, 2.75) is 18.4 Å². The minimum Gasteiger partial charge on any atom is -0.329 e. The van der Waals surface area contributed by atoms with Crippen molar-refractivity contribution in [1.29, 1.82) is 0 Å². The van der Waals surface area contributed by atoms with Crippen LogP contribution in [-0.2, 0) is 0 Å². The van der Waals surface area contributed by atoms with Gasteiger partial charge in [-0.15, -0.1) is 0 Å². The SMILES string of the molecule is CN(C)CCCN(C)C1(CN)CCSC1. The van der Waals surface area contributed by atoms with Crippen LogP contribution in [0.15, 0.2) is 0 Å². The highest BCUT2D eigenvalue weighted by Crippen LogP contribution is 2.31. The van der Waals surface area contributed by atoms with Crippen LogP contribution in [0.1, 0.15) is 12.8 Å². The second kappa shape index (κ2) is 6.09. The van der Waals surface area contributed by atoms with E-state index in [0.29, 0.717) is 0 Å². The van der Waals surface area contributed by atoms with Gasteiger partial charge >= 0.3 is 0 Å². The van der Waals surface area contributed by atoms with E-state index in [4.69, 9.17) is 5.73 Å². The Morgan fingerprint density at radius 2 is 2.00 bits per heavy atom. The van der Waals surface area contributed by atoms with E-state index in [0.717, 1.165) is 19.6 Å². The predicted molar refractivity (Wildman–Crippen MR) is 69.5 cm³/mol. The van der Waals surface area contributed by atoms with Crippen molar-refractivity contribution in [3.63, 3.8) is 0 Å². The third-order valence-electron chi connectivity index (χ3n) is 3.37. The minimum absolute atomic E-state index is 0.289. The zero-order valence-corrected chi connectivity index (χ0v) is 11.1. The van der Waals surface area contributed by atoms with Gasteiger partial charge in [-0.05, 0) is 52.8 Å². The molecule has 1 aliphatic heterocycles. The largest absolute Gasteiger partial charge is 0.329 e. The van der Waals surface area contributed by atoms with E-state index >= 15 is 0 Å². The highest BCUT2D eigenvalue weighted by molar-refractivity contribution is 7.99. The molecular weight excluding hydrogens is 206 g/mol. The lowest BCUT2D eigenvalue weighted by Gasteiger charge is -2.37. The summed E-state index contributed by atoms with van der Waals surface area (Å²) in [6.07, 6.45) is 2.49. The summed E-state index contributed by atoms with van der Waals surface area (Å²) < 4.78 is 0. The summed E-state index contributed by atoms with van der Waals surface area (Å²) in [7, 11) is 6.49. The van der Waals surface area contributed by atoms with Crippen LogP contribution in [0.25, 0.3) is 0 Å². The van der Waals surface area contributed by atoms with Crippen molar-refractivity contribution < 1.29 is 0 Å². The fourth-order valence-corrected chi connectivity index (χ4v) is 3.61.